The standard InChI is InChI=1S/C12H8I2O6S2/c13-9-3-1-2-4-12(9)22(18,19)20-11-6-5-8(7-10(11)14)21(15,16)17/h1-7H,(H,15,16,17). The van der Waals surface area contributed by atoms with Gasteiger partial charge in [-0.2, -0.15) is 16.8 Å². The molecule has 2 aromatic carbocycles. The van der Waals surface area contributed by atoms with E-state index in [1.165, 1.54) is 12.1 Å². The summed E-state index contributed by atoms with van der Waals surface area (Å²) >= 11 is 3.61. The van der Waals surface area contributed by atoms with Crippen molar-refractivity contribution < 1.29 is 25.6 Å². The lowest BCUT2D eigenvalue weighted by Crippen LogP contribution is -2.12. The SMILES string of the molecule is O=S(=O)(O)c1ccc(OS(=O)(=O)c2ccccc2I)c(I)c1. The van der Waals surface area contributed by atoms with Crippen LogP contribution in [-0.2, 0) is 20.2 Å². The zero-order chi connectivity index (χ0) is 16.5. The van der Waals surface area contributed by atoms with E-state index in [1.54, 1.807) is 40.8 Å². The smallest absolute Gasteiger partial charge is 0.340 e. The van der Waals surface area contributed by atoms with Gasteiger partial charge in [0.2, 0.25) is 0 Å². The second-order valence-electron chi connectivity index (χ2n) is 4.04. The van der Waals surface area contributed by atoms with Crippen molar-refractivity contribution in [3.8, 4) is 5.75 Å². The lowest BCUT2D eigenvalue weighted by molar-refractivity contribution is 0.481. The van der Waals surface area contributed by atoms with Crippen LogP contribution in [0.15, 0.2) is 52.3 Å². The Morgan fingerprint density at radius 3 is 2.09 bits per heavy atom. The number of halogens is 2. The summed E-state index contributed by atoms with van der Waals surface area (Å²) in [5.41, 5.74) is 0. The molecule has 2 rings (SSSR count). The molecule has 0 amide bonds. The minimum Gasteiger partial charge on any atom is -0.378 e. The normalized spacial score (nSPS) is 12.1. The molecular weight excluding hydrogens is 558 g/mol. The zero-order valence-electron chi connectivity index (χ0n) is 10.6. The van der Waals surface area contributed by atoms with Crippen molar-refractivity contribution in [2.45, 2.75) is 9.79 Å². The Kier molecular flexibility index (Phi) is 5.36. The fourth-order valence-corrected chi connectivity index (χ4v) is 5.23. The molecule has 0 aliphatic carbocycles. The fraction of sp³-hybridized carbons (Fsp3) is 0. The van der Waals surface area contributed by atoms with Crippen LogP contribution < -0.4 is 4.18 Å². The molecule has 6 nitrogen and oxygen atoms in total. The number of hydrogen-bond acceptors (Lipinski definition) is 5. The fourth-order valence-electron chi connectivity index (χ4n) is 1.52. The molecule has 10 heteroatoms. The highest BCUT2D eigenvalue weighted by molar-refractivity contribution is 14.1. The van der Waals surface area contributed by atoms with Gasteiger partial charge in [-0.25, -0.2) is 0 Å². The van der Waals surface area contributed by atoms with E-state index >= 15 is 0 Å². The number of hydrogen-bond donors (Lipinski definition) is 1. The average Bonchev–Trinajstić information content (AvgIpc) is 2.40. The first-order valence-electron chi connectivity index (χ1n) is 5.57. The molecule has 0 aliphatic heterocycles. The molecule has 0 aromatic heterocycles. The molecule has 0 saturated heterocycles. The van der Waals surface area contributed by atoms with E-state index in [1.807, 2.05) is 22.6 Å². The minimum atomic E-state index is -4.36. The zero-order valence-corrected chi connectivity index (χ0v) is 16.6. The monoisotopic (exact) mass is 566 g/mol. The molecule has 22 heavy (non-hydrogen) atoms. The molecule has 0 bridgehead atoms. The van der Waals surface area contributed by atoms with Crippen molar-refractivity contribution in [2.24, 2.45) is 0 Å². The van der Waals surface area contributed by atoms with Gasteiger partial charge in [-0.3, -0.25) is 4.55 Å². The van der Waals surface area contributed by atoms with Gasteiger partial charge in [0, 0.05) is 3.57 Å². The van der Waals surface area contributed by atoms with Gasteiger partial charge in [0.15, 0.2) is 5.75 Å². The summed E-state index contributed by atoms with van der Waals surface area (Å²) in [4.78, 5) is -0.318. The van der Waals surface area contributed by atoms with Gasteiger partial charge in [-0.05, 0) is 75.5 Å². The van der Waals surface area contributed by atoms with Crippen LogP contribution in [0.25, 0.3) is 0 Å². The van der Waals surface area contributed by atoms with E-state index in [0.717, 1.165) is 12.1 Å². The van der Waals surface area contributed by atoms with Crippen LogP contribution >= 0.6 is 45.2 Å². The molecule has 0 spiro atoms. The predicted octanol–water partition coefficient (Wildman–Crippen LogP) is 2.91. The van der Waals surface area contributed by atoms with Gasteiger partial charge < -0.3 is 4.18 Å². The maximum Gasteiger partial charge on any atom is 0.340 e. The minimum absolute atomic E-state index is 0.0188. The van der Waals surface area contributed by atoms with E-state index in [4.69, 9.17) is 8.74 Å². The van der Waals surface area contributed by atoms with Gasteiger partial charge >= 0.3 is 10.1 Å². The van der Waals surface area contributed by atoms with Gasteiger partial charge in [0.05, 0.1) is 8.47 Å². The summed E-state index contributed by atoms with van der Waals surface area (Å²) in [6, 6.07) is 9.68. The molecular formula is C12H8I2O6S2. The summed E-state index contributed by atoms with van der Waals surface area (Å²) in [5, 5.41) is 0. The molecule has 2 aromatic rings. The first-order chi connectivity index (χ1) is 10.1. The van der Waals surface area contributed by atoms with Crippen LogP contribution in [0.5, 0.6) is 5.75 Å². The third kappa shape index (κ3) is 4.10. The first kappa shape index (κ1) is 17.9. The summed E-state index contributed by atoms with van der Waals surface area (Å²) < 4.78 is 61.4. The van der Waals surface area contributed by atoms with Crippen molar-refractivity contribution in [1.82, 2.24) is 0 Å². The Hall–Kier alpha value is -0.440. The summed E-state index contributed by atoms with van der Waals surface area (Å²) in [6.07, 6.45) is 0. The molecule has 0 fully saturated rings. The quantitative estimate of drug-likeness (QED) is 0.348. The summed E-state index contributed by atoms with van der Waals surface area (Å²) in [7, 11) is -8.39. The highest BCUT2D eigenvalue weighted by atomic mass is 127. The van der Waals surface area contributed by atoms with Crippen molar-refractivity contribution in [2.75, 3.05) is 0 Å². The van der Waals surface area contributed by atoms with Crippen LogP contribution in [0.1, 0.15) is 0 Å². The largest absolute Gasteiger partial charge is 0.378 e. The Labute approximate surface area is 155 Å². The predicted molar refractivity (Wildman–Crippen MR) is 95.9 cm³/mol. The van der Waals surface area contributed by atoms with Crippen LogP contribution in [0, 0.1) is 7.14 Å². The number of benzene rings is 2. The summed E-state index contributed by atoms with van der Waals surface area (Å²) in [6.45, 7) is 0. The third-order valence-corrected chi connectivity index (χ3v) is 6.80. The molecule has 0 radical (unpaired) electrons. The Morgan fingerprint density at radius 1 is 0.909 bits per heavy atom. The topological polar surface area (TPSA) is 97.7 Å². The van der Waals surface area contributed by atoms with E-state index < -0.39 is 20.2 Å². The van der Waals surface area contributed by atoms with Gasteiger partial charge in [-0.15, -0.1) is 0 Å². The van der Waals surface area contributed by atoms with Gasteiger partial charge in [0.1, 0.15) is 4.90 Å². The van der Waals surface area contributed by atoms with Crippen LogP contribution in [0.3, 0.4) is 0 Å². The van der Waals surface area contributed by atoms with E-state index in [0.29, 0.717) is 3.57 Å². The highest BCUT2D eigenvalue weighted by Crippen LogP contribution is 2.28. The van der Waals surface area contributed by atoms with Crippen molar-refractivity contribution in [3.05, 3.63) is 49.6 Å². The maximum atomic E-state index is 12.3. The van der Waals surface area contributed by atoms with E-state index in [2.05, 4.69) is 0 Å². The second-order valence-corrected chi connectivity index (χ2v) is 9.30. The highest BCUT2D eigenvalue weighted by Gasteiger charge is 2.21. The lowest BCUT2D eigenvalue weighted by Gasteiger charge is -2.10. The maximum absolute atomic E-state index is 12.3. The molecule has 118 valence electrons. The van der Waals surface area contributed by atoms with Crippen LogP contribution in [-0.4, -0.2) is 21.4 Å². The van der Waals surface area contributed by atoms with Crippen molar-refractivity contribution in [3.63, 3.8) is 0 Å². The van der Waals surface area contributed by atoms with Crippen LogP contribution in [0.4, 0.5) is 0 Å². The Bertz CT molecular complexity index is 922. The Balaban J connectivity index is 2.41. The lowest BCUT2D eigenvalue weighted by atomic mass is 10.3. The van der Waals surface area contributed by atoms with Gasteiger partial charge in [-0.1, -0.05) is 12.1 Å². The van der Waals surface area contributed by atoms with Crippen molar-refractivity contribution in [1.29, 1.82) is 0 Å². The average molecular weight is 566 g/mol. The summed E-state index contributed by atoms with van der Waals surface area (Å²) in [5.74, 6) is -0.0207. The molecule has 0 heterocycles. The molecule has 0 saturated carbocycles. The van der Waals surface area contributed by atoms with E-state index in [-0.39, 0.29) is 19.1 Å². The van der Waals surface area contributed by atoms with E-state index in [9.17, 15) is 16.8 Å². The Morgan fingerprint density at radius 2 is 1.55 bits per heavy atom. The van der Waals surface area contributed by atoms with Gasteiger partial charge in [0.25, 0.3) is 10.1 Å². The van der Waals surface area contributed by atoms with Crippen molar-refractivity contribution >= 4 is 65.4 Å². The van der Waals surface area contributed by atoms with Crippen LogP contribution in [0.2, 0.25) is 0 Å². The third-order valence-electron chi connectivity index (χ3n) is 2.51. The first-order valence-corrected chi connectivity index (χ1v) is 10.6. The molecule has 0 atom stereocenters. The number of rotatable bonds is 4. The second kappa shape index (κ2) is 6.59. The molecule has 0 aliphatic rings. The molecule has 1 N–H and O–H groups in total. The molecule has 0 unspecified atom stereocenters.